The summed E-state index contributed by atoms with van der Waals surface area (Å²) < 4.78 is 21.5. The quantitative estimate of drug-likeness (QED) is 0.0146. The van der Waals surface area contributed by atoms with E-state index in [2.05, 4.69) is 23.6 Å². The molecule has 12 nitrogen and oxygen atoms in total. The predicted molar refractivity (Wildman–Crippen MR) is 222 cm³/mol. The van der Waals surface area contributed by atoms with E-state index in [-0.39, 0.29) is 63.3 Å². The van der Waals surface area contributed by atoms with E-state index < -0.39 is 5.97 Å². The highest BCUT2D eigenvalue weighted by molar-refractivity contribution is 5.70. The second-order valence-corrected chi connectivity index (χ2v) is 15.1. The SMILES string of the molecule is CCCCCCCCCCCCCC(=O)OCCN(CCOC(=O)CCCCCCCCCCCCC)C(C)N(CCC(=O)OCCOC)CCC(=O)OOC. The molecule has 0 fully saturated rings. The minimum Gasteiger partial charge on any atom is -0.464 e. The molecule has 0 saturated heterocycles. The molecule has 0 bridgehead atoms. The van der Waals surface area contributed by atoms with Gasteiger partial charge in [-0.2, -0.15) is 4.89 Å². The Bertz CT molecular complexity index is 893. The summed E-state index contributed by atoms with van der Waals surface area (Å²) in [6.07, 6.45) is 27.4. The van der Waals surface area contributed by atoms with Gasteiger partial charge in [-0.3, -0.25) is 29.1 Å². The second-order valence-electron chi connectivity index (χ2n) is 15.1. The van der Waals surface area contributed by atoms with E-state index in [0.29, 0.717) is 39.1 Å². The third-order valence-corrected chi connectivity index (χ3v) is 10.2. The number of methoxy groups -OCH3 is 1. The summed E-state index contributed by atoms with van der Waals surface area (Å²) in [5, 5.41) is 0. The molecule has 0 spiro atoms. The van der Waals surface area contributed by atoms with E-state index in [1.807, 2.05) is 16.7 Å². The van der Waals surface area contributed by atoms with Gasteiger partial charge in [0.1, 0.15) is 19.8 Å². The Morgan fingerprint density at radius 3 is 1.14 bits per heavy atom. The van der Waals surface area contributed by atoms with E-state index in [4.69, 9.17) is 18.9 Å². The van der Waals surface area contributed by atoms with Gasteiger partial charge >= 0.3 is 23.9 Å². The summed E-state index contributed by atoms with van der Waals surface area (Å²) in [6.45, 7) is 8.61. The van der Waals surface area contributed by atoms with Gasteiger partial charge in [0.25, 0.3) is 0 Å². The maximum Gasteiger partial charge on any atom is 0.343 e. The number of esters is 3. The van der Waals surface area contributed by atoms with Gasteiger partial charge < -0.3 is 18.9 Å². The molecule has 0 radical (unpaired) electrons. The second kappa shape index (κ2) is 40.9. The lowest BCUT2D eigenvalue weighted by Gasteiger charge is -2.37. The molecule has 0 saturated carbocycles. The monoisotopic (exact) mass is 801 g/mol. The van der Waals surface area contributed by atoms with Gasteiger partial charge in [0, 0.05) is 46.1 Å². The Balaban J connectivity index is 5.00. The highest BCUT2D eigenvalue weighted by Crippen LogP contribution is 2.15. The Morgan fingerprint density at radius 2 is 0.750 bits per heavy atom. The van der Waals surface area contributed by atoms with Crippen LogP contribution >= 0.6 is 0 Å². The van der Waals surface area contributed by atoms with Crippen molar-refractivity contribution in [2.45, 2.75) is 194 Å². The maximum absolute atomic E-state index is 12.6. The molecule has 0 aromatic heterocycles. The zero-order chi connectivity index (χ0) is 41.3. The Labute approximate surface area is 341 Å². The summed E-state index contributed by atoms with van der Waals surface area (Å²) in [6, 6.07) is 0. The summed E-state index contributed by atoms with van der Waals surface area (Å²) in [7, 11) is 2.81. The van der Waals surface area contributed by atoms with Crippen LogP contribution in [0.2, 0.25) is 0 Å². The number of rotatable bonds is 42. The lowest BCUT2D eigenvalue weighted by molar-refractivity contribution is -0.255. The van der Waals surface area contributed by atoms with Crippen LogP contribution < -0.4 is 0 Å². The van der Waals surface area contributed by atoms with Gasteiger partial charge in [-0.1, -0.05) is 142 Å². The molecule has 330 valence electrons. The van der Waals surface area contributed by atoms with Gasteiger partial charge in [-0.15, -0.1) is 0 Å². The van der Waals surface area contributed by atoms with Gasteiger partial charge in [-0.25, -0.2) is 4.79 Å². The van der Waals surface area contributed by atoms with Crippen LogP contribution in [0.15, 0.2) is 0 Å². The molecule has 0 heterocycles. The minimum absolute atomic E-state index is 0.0344. The van der Waals surface area contributed by atoms with Crippen molar-refractivity contribution in [1.82, 2.24) is 9.80 Å². The zero-order valence-electron chi connectivity index (χ0n) is 36.6. The van der Waals surface area contributed by atoms with E-state index in [1.165, 1.54) is 117 Å². The first-order valence-corrected chi connectivity index (χ1v) is 22.5. The van der Waals surface area contributed by atoms with Crippen LogP contribution in [0.1, 0.15) is 188 Å². The molecular weight excluding hydrogens is 716 g/mol. The fraction of sp³-hybridized carbons (Fsp3) is 0.909. The first-order valence-electron chi connectivity index (χ1n) is 22.5. The first-order chi connectivity index (χ1) is 27.3. The normalized spacial score (nSPS) is 11.9. The lowest BCUT2D eigenvalue weighted by Crippen LogP contribution is -2.50. The van der Waals surface area contributed by atoms with Crippen LogP contribution in [0.5, 0.6) is 0 Å². The number of unbranched alkanes of at least 4 members (excludes halogenated alkanes) is 20. The van der Waals surface area contributed by atoms with E-state index in [0.717, 1.165) is 38.5 Å². The summed E-state index contributed by atoms with van der Waals surface area (Å²) >= 11 is 0. The summed E-state index contributed by atoms with van der Waals surface area (Å²) in [5.41, 5.74) is 0. The van der Waals surface area contributed by atoms with E-state index >= 15 is 0 Å². The van der Waals surface area contributed by atoms with Crippen molar-refractivity contribution in [3.63, 3.8) is 0 Å². The van der Waals surface area contributed by atoms with Gasteiger partial charge in [0.2, 0.25) is 0 Å². The molecule has 0 rings (SSSR count). The first kappa shape index (κ1) is 53.7. The van der Waals surface area contributed by atoms with Crippen molar-refractivity contribution in [3.05, 3.63) is 0 Å². The van der Waals surface area contributed by atoms with Gasteiger partial charge in [0.15, 0.2) is 0 Å². The molecule has 1 atom stereocenters. The molecule has 0 aliphatic rings. The molecule has 0 aromatic rings. The average molecular weight is 801 g/mol. The number of carbonyl (C=O) groups is 4. The fourth-order valence-electron chi connectivity index (χ4n) is 6.68. The fourth-order valence-corrected chi connectivity index (χ4v) is 6.68. The number of hydrogen-bond acceptors (Lipinski definition) is 12. The molecule has 56 heavy (non-hydrogen) atoms. The van der Waals surface area contributed by atoms with Crippen molar-refractivity contribution >= 4 is 23.9 Å². The smallest absolute Gasteiger partial charge is 0.343 e. The molecule has 0 aromatic carbocycles. The van der Waals surface area contributed by atoms with Crippen LogP contribution in [-0.2, 0) is 47.9 Å². The van der Waals surface area contributed by atoms with E-state index in [9.17, 15) is 19.2 Å². The van der Waals surface area contributed by atoms with Crippen molar-refractivity contribution in [3.8, 4) is 0 Å². The molecule has 0 aliphatic heterocycles. The van der Waals surface area contributed by atoms with E-state index in [1.54, 1.807) is 0 Å². The molecule has 0 amide bonds. The third kappa shape index (κ3) is 34.9. The van der Waals surface area contributed by atoms with Crippen molar-refractivity contribution in [1.29, 1.82) is 0 Å². The highest BCUT2D eigenvalue weighted by Gasteiger charge is 2.24. The number of hydrogen-bond donors (Lipinski definition) is 0. The molecule has 1 unspecified atom stereocenters. The summed E-state index contributed by atoms with van der Waals surface area (Å²) in [4.78, 5) is 63.1. The van der Waals surface area contributed by atoms with Gasteiger partial charge in [-0.05, 0) is 19.8 Å². The Kier molecular flexibility index (Phi) is 39.2. The van der Waals surface area contributed by atoms with Crippen molar-refractivity contribution in [2.75, 3.05) is 66.8 Å². The molecular formula is C44H84N2O10. The minimum atomic E-state index is -0.536. The maximum atomic E-state index is 12.6. The summed E-state index contributed by atoms with van der Waals surface area (Å²) in [5.74, 6) is -1.35. The van der Waals surface area contributed by atoms with Crippen molar-refractivity contribution < 1.29 is 47.9 Å². The zero-order valence-corrected chi connectivity index (χ0v) is 36.6. The molecule has 0 aliphatic carbocycles. The predicted octanol–water partition coefficient (Wildman–Crippen LogP) is 9.50. The van der Waals surface area contributed by atoms with Crippen LogP contribution in [0.4, 0.5) is 0 Å². The van der Waals surface area contributed by atoms with Crippen LogP contribution in [0, 0.1) is 0 Å². The van der Waals surface area contributed by atoms with Crippen LogP contribution in [0.25, 0.3) is 0 Å². The average Bonchev–Trinajstić information content (AvgIpc) is 3.18. The number of ether oxygens (including phenoxy) is 4. The lowest BCUT2D eigenvalue weighted by atomic mass is 10.1. The Hall–Kier alpha value is -2.28. The topological polar surface area (TPSA) is 130 Å². The van der Waals surface area contributed by atoms with Gasteiger partial charge in [0.05, 0.1) is 32.7 Å². The third-order valence-electron chi connectivity index (χ3n) is 10.2. The van der Waals surface area contributed by atoms with Crippen molar-refractivity contribution in [2.24, 2.45) is 0 Å². The standard InChI is InChI=1S/C44H84N2O10/c1-6-8-10-12-14-16-18-20-22-24-26-28-41(47)53-36-34-46(35-37-54-42(48)29-27-25-23-21-19-17-15-13-11-9-7-2)40(3)45(33-31-44(50)56-52-5)32-30-43(49)55-39-38-51-4/h40H,6-39H2,1-5H3. The molecule has 12 heteroatoms. The Morgan fingerprint density at radius 1 is 0.411 bits per heavy atom. The highest BCUT2D eigenvalue weighted by atomic mass is 17.2. The largest absolute Gasteiger partial charge is 0.464 e. The molecule has 0 N–H and O–H groups in total. The number of carbonyl (C=O) groups excluding carboxylic acids is 4. The van der Waals surface area contributed by atoms with Crippen LogP contribution in [-0.4, -0.2) is 107 Å². The van der Waals surface area contributed by atoms with Crippen LogP contribution in [0.3, 0.4) is 0 Å². The number of nitrogens with zero attached hydrogens (tertiary/aromatic N) is 2.